The van der Waals surface area contributed by atoms with Crippen molar-refractivity contribution in [1.29, 1.82) is 0 Å². The Hall–Kier alpha value is -1.71. The number of amides is 1. The number of piperidine rings is 1. The van der Waals surface area contributed by atoms with Crippen LogP contribution in [0.15, 0.2) is 28.0 Å². The summed E-state index contributed by atoms with van der Waals surface area (Å²) in [6.07, 6.45) is 3.02. The highest BCUT2D eigenvalue weighted by Crippen LogP contribution is 2.23. The number of nitrogens with one attached hydrogen (secondary N) is 1. The third-order valence-corrected chi connectivity index (χ3v) is 7.05. The first-order chi connectivity index (χ1) is 11.9. The summed E-state index contributed by atoms with van der Waals surface area (Å²) in [6, 6.07) is 1.80. The van der Waals surface area contributed by atoms with Crippen molar-refractivity contribution >= 4 is 27.3 Å². The molecule has 0 aromatic carbocycles. The molecular formula is C16H22N4O3S2. The summed E-state index contributed by atoms with van der Waals surface area (Å²) in [5, 5.41) is 6.73. The van der Waals surface area contributed by atoms with Crippen LogP contribution in [0.2, 0.25) is 0 Å². The maximum absolute atomic E-state index is 12.7. The summed E-state index contributed by atoms with van der Waals surface area (Å²) in [7, 11) is -1.76. The third kappa shape index (κ3) is 3.94. The van der Waals surface area contributed by atoms with Crippen LogP contribution in [-0.2, 0) is 17.1 Å². The number of hydrogen-bond donors (Lipinski definition) is 1. The van der Waals surface area contributed by atoms with Crippen LogP contribution in [0.5, 0.6) is 0 Å². The summed E-state index contributed by atoms with van der Waals surface area (Å²) in [5.74, 6) is 0.893. The molecule has 1 amide bonds. The minimum atomic E-state index is -3.54. The lowest BCUT2D eigenvalue weighted by Crippen LogP contribution is -2.41. The second-order valence-corrected chi connectivity index (χ2v) is 8.97. The third-order valence-electron chi connectivity index (χ3n) is 4.60. The lowest BCUT2D eigenvalue weighted by Gasteiger charge is -2.30. The Morgan fingerprint density at radius 3 is 2.68 bits per heavy atom. The van der Waals surface area contributed by atoms with Gasteiger partial charge >= 0.3 is 0 Å². The molecule has 9 heteroatoms. The van der Waals surface area contributed by atoms with E-state index in [9.17, 15) is 13.2 Å². The highest BCUT2D eigenvalue weighted by Gasteiger charge is 2.31. The van der Waals surface area contributed by atoms with Gasteiger partial charge in [-0.3, -0.25) is 4.79 Å². The predicted molar refractivity (Wildman–Crippen MR) is 96.1 cm³/mol. The second kappa shape index (κ2) is 7.27. The predicted octanol–water partition coefficient (Wildman–Crippen LogP) is 1.62. The minimum Gasteiger partial charge on any atom is -0.352 e. The molecule has 0 aliphatic carbocycles. The number of aryl methyl sites for hydroxylation is 2. The molecular weight excluding hydrogens is 360 g/mol. The monoisotopic (exact) mass is 382 g/mol. The molecule has 25 heavy (non-hydrogen) atoms. The lowest BCUT2D eigenvalue weighted by atomic mass is 9.98. The number of carbonyl (C=O) groups is 1. The summed E-state index contributed by atoms with van der Waals surface area (Å²) in [6.45, 7) is 3.26. The van der Waals surface area contributed by atoms with E-state index >= 15 is 0 Å². The Labute approximate surface area is 151 Å². The van der Waals surface area contributed by atoms with E-state index in [0.29, 0.717) is 36.9 Å². The van der Waals surface area contributed by atoms with Gasteiger partial charge in [0.05, 0.1) is 0 Å². The van der Waals surface area contributed by atoms with E-state index < -0.39 is 10.0 Å². The first kappa shape index (κ1) is 18.1. The van der Waals surface area contributed by atoms with Gasteiger partial charge < -0.3 is 9.88 Å². The van der Waals surface area contributed by atoms with Gasteiger partial charge in [0.1, 0.15) is 5.82 Å². The van der Waals surface area contributed by atoms with E-state index in [4.69, 9.17) is 0 Å². The molecule has 1 aliphatic heterocycles. The standard InChI is InChI=1S/C16H22N4O3S2/c1-12-18-15(10-19(12)2)25(22,23)20-6-3-13(4-7-20)9-17-16(21)14-5-8-24-11-14/h5,8,10-11,13H,3-4,6-7,9H2,1-2H3,(H,17,21). The fraction of sp³-hybridized carbons (Fsp3) is 0.500. The lowest BCUT2D eigenvalue weighted by molar-refractivity contribution is 0.0942. The summed E-state index contributed by atoms with van der Waals surface area (Å²) in [5.41, 5.74) is 0.676. The Kier molecular flexibility index (Phi) is 5.26. The Balaban J connectivity index is 1.54. The van der Waals surface area contributed by atoms with Crippen molar-refractivity contribution in [2.45, 2.75) is 24.8 Å². The van der Waals surface area contributed by atoms with Crippen molar-refractivity contribution in [3.05, 3.63) is 34.4 Å². The zero-order valence-corrected chi connectivity index (χ0v) is 15.9. The van der Waals surface area contributed by atoms with Crippen LogP contribution in [0.4, 0.5) is 0 Å². The van der Waals surface area contributed by atoms with Crippen molar-refractivity contribution < 1.29 is 13.2 Å². The molecule has 0 saturated carbocycles. The summed E-state index contributed by atoms with van der Waals surface area (Å²) in [4.78, 5) is 16.1. The maximum atomic E-state index is 12.7. The normalized spacial score (nSPS) is 16.9. The molecule has 136 valence electrons. The quantitative estimate of drug-likeness (QED) is 0.852. The highest BCUT2D eigenvalue weighted by atomic mass is 32.2. The van der Waals surface area contributed by atoms with E-state index in [-0.39, 0.29) is 10.9 Å². The number of thiophene rings is 1. The Morgan fingerprint density at radius 1 is 1.40 bits per heavy atom. The molecule has 3 rings (SSSR count). The van der Waals surface area contributed by atoms with Crippen molar-refractivity contribution in [1.82, 2.24) is 19.2 Å². The van der Waals surface area contributed by atoms with E-state index in [1.807, 2.05) is 10.8 Å². The van der Waals surface area contributed by atoms with Crippen molar-refractivity contribution in [3.8, 4) is 0 Å². The maximum Gasteiger partial charge on any atom is 0.262 e. The molecule has 1 saturated heterocycles. The number of carbonyl (C=O) groups excluding carboxylic acids is 1. The van der Waals surface area contributed by atoms with Crippen molar-refractivity contribution in [3.63, 3.8) is 0 Å². The smallest absolute Gasteiger partial charge is 0.262 e. The number of aromatic nitrogens is 2. The summed E-state index contributed by atoms with van der Waals surface area (Å²) < 4.78 is 28.5. The van der Waals surface area contributed by atoms with Crippen LogP contribution in [0.25, 0.3) is 0 Å². The molecule has 0 bridgehead atoms. The molecule has 7 nitrogen and oxygen atoms in total. The first-order valence-corrected chi connectivity index (χ1v) is 10.6. The van der Waals surface area contributed by atoms with Crippen molar-refractivity contribution in [2.24, 2.45) is 13.0 Å². The molecule has 0 atom stereocenters. The van der Waals surface area contributed by atoms with Gasteiger partial charge in [-0.05, 0) is 37.1 Å². The van der Waals surface area contributed by atoms with E-state index in [0.717, 1.165) is 12.8 Å². The fourth-order valence-corrected chi connectivity index (χ4v) is 5.00. The summed E-state index contributed by atoms with van der Waals surface area (Å²) >= 11 is 1.49. The number of hydrogen-bond acceptors (Lipinski definition) is 5. The molecule has 1 fully saturated rings. The second-order valence-electron chi connectivity index (χ2n) is 6.31. The Bertz CT molecular complexity index is 815. The number of rotatable bonds is 5. The van der Waals surface area contributed by atoms with Gasteiger partial charge in [0.25, 0.3) is 15.9 Å². The van der Waals surface area contributed by atoms with Crippen LogP contribution in [0, 0.1) is 12.8 Å². The number of sulfonamides is 1. The van der Waals surface area contributed by atoms with E-state index in [1.54, 1.807) is 30.8 Å². The molecule has 2 aromatic rings. The average molecular weight is 383 g/mol. The molecule has 0 unspecified atom stereocenters. The van der Waals surface area contributed by atoms with Gasteiger partial charge in [-0.1, -0.05) is 0 Å². The van der Waals surface area contributed by atoms with Gasteiger partial charge in [0.15, 0.2) is 5.03 Å². The van der Waals surface area contributed by atoms with E-state index in [2.05, 4.69) is 10.3 Å². The average Bonchev–Trinajstić information content (AvgIpc) is 3.24. The van der Waals surface area contributed by atoms with Gasteiger partial charge in [0, 0.05) is 43.8 Å². The zero-order chi connectivity index (χ0) is 18.0. The van der Waals surface area contributed by atoms with Gasteiger partial charge in [0.2, 0.25) is 0 Å². The van der Waals surface area contributed by atoms with Gasteiger partial charge in [-0.15, -0.1) is 0 Å². The minimum absolute atomic E-state index is 0.0692. The van der Waals surface area contributed by atoms with Crippen LogP contribution < -0.4 is 5.32 Å². The van der Waals surface area contributed by atoms with Crippen LogP contribution >= 0.6 is 11.3 Å². The van der Waals surface area contributed by atoms with Crippen LogP contribution in [0.3, 0.4) is 0 Å². The zero-order valence-electron chi connectivity index (χ0n) is 14.3. The molecule has 3 heterocycles. The Morgan fingerprint density at radius 2 is 2.12 bits per heavy atom. The van der Waals surface area contributed by atoms with E-state index in [1.165, 1.54) is 15.6 Å². The van der Waals surface area contributed by atoms with Crippen LogP contribution in [0.1, 0.15) is 29.0 Å². The molecule has 2 aromatic heterocycles. The van der Waals surface area contributed by atoms with Crippen molar-refractivity contribution in [2.75, 3.05) is 19.6 Å². The largest absolute Gasteiger partial charge is 0.352 e. The first-order valence-electron chi connectivity index (χ1n) is 8.18. The SMILES string of the molecule is Cc1nc(S(=O)(=O)N2CCC(CNC(=O)c3ccsc3)CC2)cn1C. The van der Waals surface area contributed by atoms with Crippen LogP contribution in [-0.4, -0.2) is 47.8 Å². The number of nitrogens with zero attached hydrogens (tertiary/aromatic N) is 3. The number of imidazole rings is 1. The molecule has 1 aliphatic rings. The van der Waals surface area contributed by atoms with Gasteiger partial charge in [-0.2, -0.15) is 15.6 Å². The topological polar surface area (TPSA) is 84.3 Å². The highest BCUT2D eigenvalue weighted by molar-refractivity contribution is 7.89. The van der Waals surface area contributed by atoms with Gasteiger partial charge in [-0.25, -0.2) is 13.4 Å². The molecule has 0 radical (unpaired) electrons. The molecule has 1 N–H and O–H groups in total. The molecule has 0 spiro atoms. The fourth-order valence-electron chi connectivity index (χ4n) is 2.87.